The van der Waals surface area contributed by atoms with Crippen molar-refractivity contribution in [3.8, 4) is 5.75 Å². The molecule has 0 spiro atoms. The molecule has 1 aromatic rings. The summed E-state index contributed by atoms with van der Waals surface area (Å²) in [5, 5.41) is 8.73. The number of nitrogens with two attached hydrogens (primary N) is 1. The fraction of sp³-hybridized carbons (Fsp3) is 0. The Morgan fingerprint density at radius 2 is 2.18 bits per heavy atom. The summed E-state index contributed by atoms with van der Waals surface area (Å²) in [5.74, 6) is -1.88. The molecule has 0 atom stereocenters. The number of phenols is 1. The van der Waals surface area contributed by atoms with Crippen molar-refractivity contribution in [3.63, 3.8) is 0 Å². The zero-order valence-electron chi connectivity index (χ0n) is 5.54. The van der Waals surface area contributed by atoms with Gasteiger partial charge in [0.1, 0.15) is 11.6 Å². The number of carbonyl (C=O) groups excluding carboxylic acids is 1. The summed E-state index contributed by atoms with van der Waals surface area (Å²) in [6.07, 6.45) is 0. The third-order valence-electron chi connectivity index (χ3n) is 1.22. The zero-order valence-corrected chi connectivity index (χ0v) is 5.54. The van der Waals surface area contributed by atoms with E-state index in [-0.39, 0.29) is 11.3 Å². The normalized spacial score (nSPS) is 9.55. The molecule has 0 aliphatic rings. The minimum Gasteiger partial charge on any atom is -0.508 e. The largest absolute Gasteiger partial charge is 0.508 e. The summed E-state index contributed by atoms with van der Waals surface area (Å²) in [4.78, 5) is 10.4. The number of benzene rings is 1. The van der Waals surface area contributed by atoms with Gasteiger partial charge in [-0.25, -0.2) is 4.39 Å². The Bertz CT molecular complexity index is 298. The number of hydrogen-bond acceptors (Lipinski definition) is 2. The van der Waals surface area contributed by atoms with E-state index < -0.39 is 11.7 Å². The highest BCUT2D eigenvalue weighted by Crippen LogP contribution is 2.13. The Hall–Kier alpha value is -1.58. The molecule has 3 N–H and O–H groups in total. The highest BCUT2D eigenvalue weighted by Gasteiger charge is 2.07. The SMILES string of the molecule is NC(=O)c1ccc(O)cc1F. The van der Waals surface area contributed by atoms with Gasteiger partial charge >= 0.3 is 0 Å². The van der Waals surface area contributed by atoms with Crippen molar-refractivity contribution in [3.05, 3.63) is 29.6 Å². The van der Waals surface area contributed by atoms with Crippen molar-refractivity contribution in [2.24, 2.45) is 5.73 Å². The van der Waals surface area contributed by atoms with Crippen LogP contribution in [0, 0.1) is 5.82 Å². The number of amides is 1. The number of primary amides is 1. The molecule has 11 heavy (non-hydrogen) atoms. The number of phenolic OH excluding ortho intramolecular Hbond substituents is 1. The van der Waals surface area contributed by atoms with Crippen LogP contribution in [0.1, 0.15) is 10.4 Å². The van der Waals surface area contributed by atoms with Gasteiger partial charge in [0.2, 0.25) is 0 Å². The average Bonchev–Trinajstić information content (AvgIpc) is 1.85. The third kappa shape index (κ3) is 1.46. The first-order chi connectivity index (χ1) is 5.11. The summed E-state index contributed by atoms with van der Waals surface area (Å²) in [7, 11) is 0. The molecule has 0 aliphatic heterocycles. The molecule has 0 unspecified atom stereocenters. The van der Waals surface area contributed by atoms with Gasteiger partial charge in [0.05, 0.1) is 5.56 Å². The first kappa shape index (κ1) is 7.53. The molecule has 0 aromatic heterocycles. The monoisotopic (exact) mass is 155 g/mol. The maximum Gasteiger partial charge on any atom is 0.251 e. The van der Waals surface area contributed by atoms with E-state index in [9.17, 15) is 9.18 Å². The van der Waals surface area contributed by atoms with Gasteiger partial charge in [-0.05, 0) is 12.1 Å². The first-order valence-electron chi connectivity index (χ1n) is 2.89. The van der Waals surface area contributed by atoms with Crippen molar-refractivity contribution >= 4 is 5.91 Å². The molecule has 0 radical (unpaired) electrons. The van der Waals surface area contributed by atoms with Crippen LogP contribution in [0.15, 0.2) is 18.2 Å². The van der Waals surface area contributed by atoms with Gasteiger partial charge in [0.15, 0.2) is 0 Å². The lowest BCUT2D eigenvalue weighted by Crippen LogP contribution is -2.12. The minimum atomic E-state index is -0.845. The number of aromatic hydroxyl groups is 1. The van der Waals surface area contributed by atoms with Crippen LogP contribution in [0.3, 0.4) is 0 Å². The molecule has 3 nitrogen and oxygen atoms in total. The van der Waals surface area contributed by atoms with Crippen molar-refractivity contribution in [2.75, 3.05) is 0 Å². The van der Waals surface area contributed by atoms with Crippen molar-refractivity contribution in [1.82, 2.24) is 0 Å². The van der Waals surface area contributed by atoms with Crippen LogP contribution in [-0.4, -0.2) is 11.0 Å². The van der Waals surface area contributed by atoms with E-state index in [4.69, 9.17) is 10.8 Å². The Morgan fingerprint density at radius 3 is 2.64 bits per heavy atom. The van der Waals surface area contributed by atoms with Gasteiger partial charge in [0, 0.05) is 6.07 Å². The number of halogens is 1. The van der Waals surface area contributed by atoms with Crippen molar-refractivity contribution in [2.45, 2.75) is 0 Å². The van der Waals surface area contributed by atoms with Crippen LogP contribution in [-0.2, 0) is 0 Å². The molecule has 0 saturated carbocycles. The van der Waals surface area contributed by atoms with Crippen LogP contribution >= 0.6 is 0 Å². The van der Waals surface area contributed by atoms with E-state index in [0.717, 1.165) is 12.1 Å². The second-order valence-electron chi connectivity index (χ2n) is 2.03. The van der Waals surface area contributed by atoms with Gasteiger partial charge in [-0.15, -0.1) is 0 Å². The van der Waals surface area contributed by atoms with E-state index in [0.29, 0.717) is 0 Å². The Morgan fingerprint density at radius 1 is 1.55 bits per heavy atom. The lowest BCUT2D eigenvalue weighted by molar-refractivity contribution is 0.0996. The van der Waals surface area contributed by atoms with Gasteiger partial charge in [-0.1, -0.05) is 0 Å². The topological polar surface area (TPSA) is 63.3 Å². The molecule has 1 rings (SSSR count). The quantitative estimate of drug-likeness (QED) is 0.624. The molecule has 1 aromatic carbocycles. The third-order valence-corrected chi connectivity index (χ3v) is 1.22. The highest BCUT2D eigenvalue weighted by molar-refractivity contribution is 5.93. The fourth-order valence-corrected chi connectivity index (χ4v) is 0.704. The van der Waals surface area contributed by atoms with Crippen molar-refractivity contribution in [1.29, 1.82) is 0 Å². The molecule has 1 amide bonds. The second-order valence-corrected chi connectivity index (χ2v) is 2.03. The average molecular weight is 155 g/mol. The Balaban J connectivity index is 3.20. The van der Waals surface area contributed by atoms with Gasteiger partial charge < -0.3 is 10.8 Å². The summed E-state index contributed by atoms with van der Waals surface area (Å²) in [5.41, 5.74) is 4.58. The molecular formula is C7H6FNO2. The van der Waals surface area contributed by atoms with Gasteiger partial charge in [0.25, 0.3) is 5.91 Å². The summed E-state index contributed by atoms with van der Waals surface area (Å²) in [6, 6.07) is 3.16. The summed E-state index contributed by atoms with van der Waals surface area (Å²) >= 11 is 0. The standard InChI is InChI=1S/C7H6FNO2/c8-6-3-4(10)1-2-5(6)7(9)11/h1-3,10H,(H2,9,11). The Kier molecular flexibility index (Phi) is 1.76. The van der Waals surface area contributed by atoms with Crippen LogP contribution < -0.4 is 5.73 Å². The van der Waals surface area contributed by atoms with Crippen molar-refractivity contribution < 1.29 is 14.3 Å². The van der Waals surface area contributed by atoms with Gasteiger partial charge in [-0.2, -0.15) is 0 Å². The summed E-state index contributed by atoms with van der Waals surface area (Å²) < 4.78 is 12.6. The maximum absolute atomic E-state index is 12.6. The molecule has 4 heteroatoms. The van der Waals surface area contributed by atoms with Crippen LogP contribution in [0.5, 0.6) is 5.75 Å². The van der Waals surface area contributed by atoms with Crippen LogP contribution in [0.2, 0.25) is 0 Å². The van der Waals surface area contributed by atoms with Crippen LogP contribution in [0.25, 0.3) is 0 Å². The smallest absolute Gasteiger partial charge is 0.251 e. The van der Waals surface area contributed by atoms with E-state index in [1.165, 1.54) is 6.07 Å². The molecular weight excluding hydrogens is 149 g/mol. The predicted molar refractivity (Wildman–Crippen MR) is 36.6 cm³/mol. The lowest BCUT2D eigenvalue weighted by atomic mass is 10.2. The Labute approximate surface area is 62.3 Å². The molecule has 0 saturated heterocycles. The molecule has 58 valence electrons. The molecule has 0 heterocycles. The number of hydrogen-bond donors (Lipinski definition) is 2. The first-order valence-corrected chi connectivity index (χ1v) is 2.89. The number of rotatable bonds is 1. The van der Waals surface area contributed by atoms with E-state index in [1.54, 1.807) is 0 Å². The lowest BCUT2D eigenvalue weighted by Gasteiger charge is -1.97. The van der Waals surface area contributed by atoms with E-state index >= 15 is 0 Å². The summed E-state index contributed by atoms with van der Waals surface area (Å²) in [6.45, 7) is 0. The van der Waals surface area contributed by atoms with E-state index in [1.807, 2.05) is 0 Å². The highest BCUT2D eigenvalue weighted by atomic mass is 19.1. The van der Waals surface area contributed by atoms with Crippen LogP contribution in [0.4, 0.5) is 4.39 Å². The number of carbonyl (C=O) groups is 1. The predicted octanol–water partition coefficient (Wildman–Crippen LogP) is 0.630. The zero-order chi connectivity index (χ0) is 8.43. The van der Waals surface area contributed by atoms with Gasteiger partial charge in [-0.3, -0.25) is 4.79 Å². The fourth-order valence-electron chi connectivity index (χ4n) is 0.704. The molecule has 0 bridgehead atoms. The molecule has 0 fully saturated rings. The second kappa shape index (κ2) is 2.57. The van der Waals surface area contributed by atoms with E-state index in [2.05, 4.69) is 0 Å². The maximum atomic E-state index is 12.6. The minimum absolute atomic E-state index is 0.220. The molecule has 0 aliphatic carbocycles.